The lowest BCUT2D eigenvalue weighted by molar-refractivity contribution is 0.407. The number of benzene rings is 1. The summed E-state index contributed by atoms with van der Waals surface area (Å²) in [6.45, 7) is 6.10. The van der Waals surface area contributed by atoms with Crippen LogP contribution in [0.25, 0.3) is 0 Å². The van der Waals surface area contributed by atoms with E-state index >= 15 is 0 Å². The van der Waals surface area contributed by atoms with Crippen molar-refractivity contribution >= 4 is 20.0 Å². The molecule has 0 atom stereocenters. The fourth-order valence-corrected chi connectivity index (χ4v) is 5.11. The largest absolute Gasteiger partial charge is 0.240 e. The van der Waals surface area contributed by atoms with E-state index in [2.05, 4.69) is 9.44 Å². The van der Waals surface area contributed by atoms with Crippen LogP contribution in [0.4, 0.5) is 0 Å². The van der Waals surface area contributed by atoms with Crippen LogP contribution in [0.5, 0.6) is 0 Å². The molecule has 1 aliphatic rings. The molecule has 8 heteroatoms. The highest BCUT2D eigenvalue weighted by Crippen LogP contribution is 2.21. The Morgan fingerprint density at radius 3 is 1.83 bits per heavy atom. The second-order valence-electron chi connectivity index (χ2n) is 7.46. The minimum absolute atomic E-state index is 0.0214. The lowest BCUT2D eigenvalue weighted by atomic mass is 9.98. The Morgan fingerprint density at radius 2 is 1.38 bits per heavy atom. The third-order valence-corrected chi connectivity index (χ3v) is 6.87. The van der Waals surface area contributed by atoms with Crippen LogP contribution in [0.1, 0.15) is 46.5 Å². The van der Waals surface area contributed by atoms with Gasteiger partial charge in [-0.1, -0.05) is 33.6 Å². The van der Waals surface area contributed by atoms with E-state index in [1.165, 1.54) is 24.3 Å². The first-order chi connectivity index (χ1) is 11.0. The van der Waals surface area contributed by atoms with E-state index < -0.39 is 20.0 Å². The molecule has 0 aromatic heterocycles. The first-order valence-corrected chi connectivity index (χ1v) is 11.1. The zero-order valence-corrected chi connectivity index (χ0v) is 16.0. The number of nitrogens with one attached hydrogen (secondary N) is 2. The number of hydrogen-bond donors (Lipinski definition) is 2. The lowest BCUT2D eigenvalue weighted by Gasteiger charge is -2.19. The van der Waals surface area contributed by atoms with Gasteiger partial charge in [0.2, 0.25) is 20.0 Å². The van der Waals surface area contributed by atoms with Crippen molar-refractivity contribution in [2.24, 2.45) is 5.41 Å². The predicted molar refractivity (Wildman–Crippen MR) is 93.7 cm³/mol. The van der Waals surface area contributed by atoms with Gasteiger partial charge < -0.3 is 0 Å². The van der Waals surface area contributed by atoms with Crippen molar-refractivity contribution in [3.63, 3.8) is 0 Å². The van der Waals surface area contributed by atoms with Crippen molar-refractivity contribution in [2.75, 3.05) is 6.54 Å². The standard InChI is InChI=1S/C16H26N2O4S2/c1-16(2,3)12-17-23(19,20)14-8-10-15(11-9-14)24(21,22)18-13-6-4-5-7-13/h8-11,13,17-18H,4-7,12H2,1-3H3. The van der Waals surface area contributed by atoms with Crippen molar-refractivity contribution in [1.29, 1.82) is 0 Å². The molecule has 1 saturated carbocycles. The SMILES string of the molecule is CC(C)(C)CNS(=O)(=O)c1ccc(S(=O)(=O)NC2CCCC2)cc1. The van der Waals surface area contributed by atoms with Gasteiger partial charge >= 0.3 is 0 Å². The molecule has 24 heavy (non-hydrogen) atoms. The summed E-state index contributed by atoms with van der Waals surface area (Å²) in [5, 5.41) is 0. The highest BCUT2D eigenvalue weighted by molar-refractivity contribution is 7.90. The van der Waals surface area contributed by atoms with Crippen LogP contribution >= 0.6 is 0 Å². The van der Waals surface area contributed by atoms with Gasteiger partial charge in [0, 0.05) is 12.6 Å². The lowest BCUT2D eigenvalue weighted by Crippen LogP contribution is -2.33. The molecule has 0 heterocycles. The summed E-state index contributed by atoms with van der Waals surface area (Å²) >= 11 is 0. The molecule has 0 unspecified atom stereocenters. The topological polar surface area (TPSA) is 92.3 Å². The van der Waals surface area contributed by atoms with Crippen LogP contribution in [0.3, 0.4) is 0 Å². The second-order valence-corrected chi connectivity index (χ2v) is 10.9. The van der Waals surface area contributed by atoms with Gasteiger partial charge in [0.15, 0.2) is 0 Å². The number of sulfonamides is 2. The predicted octanol–water partition coefficient (Wildman–Crippen LogP) is 2.23. The van der Waals surface area contributed by atoms with Crippen LogP contribution in [-0.4, -0.2) is 29.4 Å². The average molecular weight is 375 g/mol. The quantitative estimate of drug-likeness (QED) is 0.799. The molecular weight excluding hydrogens is 348 g/mol. The average Bonchev–Trinajstić information content (AvgIpc) is 2.97. The summed E-state index contributed by atoms with van der Waals surface area (Å²) in [7, 11) is -7.25. The van der Waals surface area contributed by atoms with E-state index in [1.807, 2.05) is 20.8 Å². The fourth-order valence-electron chi connectivity index (χ4n) is 2.52. The summed E-state index contributed by atoms with van der Waals surface area (Å²) in [4.78, 5) is 0.149. The molecule has 2 N–H and O–H groups in total. The van der Waals surface area contributed by atoms with Crippen molar-refractivity contribution in [2.45, 2.75) is 62.3 Å². The van der Waals surface area contributed by atoms with Gasteiger partial charge in [0.1, 0.15) is 0 Å². The Balaban J connectivity index is 2.12. The molecule has 0 spiro atoms. The summed E-state index contributed by atoms with van der Waals surface area (Å²) in [6, 6.07) is 5.31. The molecule has 1 fully saturated rings. The zero-order valence-electron chi connectivity index (χ0n) is 14.4. The second kappa shape index (κ2) is 7.11. The van der Waals surface area contributed by atoms with Crippen LogP contribution in [-0.2, 0) is 20.0 Å². The van der Waals surface area contributed by atoms with Gasteiger partial charge in [-0.2, -0.15) is 0 Å². The van der Waals surface area contributed by atoms with E-state index in [9.17, 15) is 16.8 Å². The summed E-state index contributed by atoms with van der Waals surface area (Å²) < 4.78 is 54.4. The molecular formula is C16H26N2O4S2. The minimum atomic E-state index is -3.64. The maximum Gasteiger partial charge on any atom is 0.240 e. The van der Waals surface area contributed by atoms with Crippen LogP contribution in [0, 0.1) is 5.41 Å². The van der Waals surface area contributed by atoms with Crippen molar-refractivity contribution < 1.29 is 16.8 Å². The Kier molecular flexibility index (Phi) is 5.74. The van der Waals surface area contributed by atoms with Gasteiger partial charge in [0.25, 0.3) is 0 Å². The smallest absolute Gasteiger partial charge is 0.211 e. The fraction of sp³-hybridized carbons (Fsp3) is 0.625. The number of rotatable bonds is 6. The molecule has 0 aliphatic heterocycles. The normalized spacial score (nSPS) is 17.3. The summed E-state index contributed by atoms with van der Waals surface area (Å²) in [6.07, 6.45) is 3.76. The van der Waals surface area contributed by atoms with Gasteiger partial charge in [-0.3, -0.25) is 0 Å². The molecule has 1 aromatic rings. The third kappa shape index (κ3) is 5.27. The molecule has 1 aromatic carbocycles. The molecule has 0 amide bonds. The van der Waals surface area contributed by atoms with Gasteiger partial charge in [-0.05, 0) is 42.5 Å². The molecule has 6 nitrogen and oxygen atoms in total. The van der Waals surface area contributed by atoms with Crippen molar-refractivity contribution in [3.05, 3.63) is 24.3 Å². The molecule has 0 saturated heterocycles. The number of hydrogen-bond acceptors (Lipinski definition) is 4. The summed E-state index contributed by atoms with van der Waals surface area (Å²) in [5.74, 6) is 0. The zero-order chi connectivity index (χ0) is 18.0. The molecule has 2 rings (SSSR count). The Labute approximate surface area is 145 Å². The summed E-state index contributed by atoms with van der Waals surface area (Å²) in [5.41, 5.74) is -0.179. The van der Waals surface area contributed by atoms with Crippen LogP contribution in [0.15, 0.2) is 34.1 Å². The monoisotopic (exact) mass is 374 g/mol. The maximum atomic E-state index is 12.3. The highest BCUT2D eigenvalue weighted by atomic mass is 32.2. The van der Waals surface area contributed by atoms with Crippen molar-refractivity contribution in [3.8, 4) is 0 Å². The van der Waals surface area contributed by atoms with E-state index in [4.69, 9.17) is 0 Å². The van der Waals surface area contributed by atoms with Crippen molar-refractivity contribution in [1.82, 2.24) is 9.44 Å². The van der Waals surface area contributed by atoms with E-state index in [-0.39, 0.29) is 21.2 Å². The minimum Gasteiger partial charge on any atom is -0.211 e. The van der Waals surface area contributed by atoms with Gasteiger partial charge in [-0.25, -0.2) is 26.3 Å². The molecule has 136 valence electrons. The highest BCUT2D eigenvalue weighted by Gasteiger charge is 2.24. The maximum absolute atomic E-state index is 12.3. The Bertz CT molecular complexity index is 757. The van der Waals surface area contributed by atoms with E-state index in [1.54, 1.807) is 0 Å². The van der Waals surface area contributed by atoms with Crippen LogP contribution in [0.2, 0.25) is 0 Å². The third-order valence-electron chi connectivity index (χ3n) is 3.91. The molecule has 0 radical (unpaired) electrons. The van der Waals surface area contributed by atoms with Crippen LogP contribution < -0.4 is 9.44 Å². The van der Waals surface area contributed by atoms with Gasteiger partial charge in [0.05, 0.1) is 9.79 Å². The van der Waals surface area contributed by atoms with Gasteiger partial charge in [-0.15, -0.1) is 0 Å². The Hall–Kier alpha value is -0.960. The first-order valence-electron chi connectivity index (χ1n) is 8.12. The Morgan fingerprint density at radius 1 is 0.917 bits per heavy atom. The van der Waals surface area contributed by atoms with E-state index in [0.29, 0.717) is 6.54 Å². The first kappa shape index (κ1) is 19.4. The molecule has 1 aliphatic carbocycles. The molecule has 0 bridgehead atoms. The van der Waals surface area contributed by atoms with E-state index in [0.717, 1.165) is 25.7 Å².